The number of rotatable bonds is 5. The summed E-state index contributed by atoms with van der Waals surface area (Å²) in [6, 6.07) is 7.34. The Balaban J connectivity index is 1.92. The standard InChI is InChI=1S/C18H23N3O3/c1-11-5-6-14(8-16(11)24-4)9-19-18(23)20-10-15-12(2)7-13(3)21-17(15)22/h5-8H,9-10H2,1-4H3,(H,21,22)(H2,19,20,23). The van der Waals surface area contributed by atoms with Gasteiger partial charge < -0.3 is 20.4 Å². The minimum Gasteiger partial charge on any atom is -0.496 e. The van der Waals surface area contributed by atoms with Crippen LogP contribution >= 0.6 is 0 Å². The van der Waals surface area contributed by atoms with Crippen LogP contribution in [0, 0.1) is 20.8 Å². The zero-order valence-electron chi connectivity index (χ0n) is 14.4. The van der Waals surface area contributed by atoms with Crippen LogP contribution in [0.4, 0.5) is 4.79 Å². The third kappa shape index (κ3) is 4.38. The normalized spacial score (nSPS) is 10.3. The number of H-pyrrole nitrogens is 1. The first-order valence-electron chi connectivity index (χ1n) is 7.75. The summed E-state index contributed by atoms with van der Waals surface area (Å²) in [4.78, 5) is 26.6. The number of pyridine rings is 1. The van der Waals surface area contributed by atoms with Gasteiger partial charge in [-0.2, -0.15) is 0 Å². The summed E-state index contributed by atoms with van der Waals surface area (Å²) in [5.74, 6) is 0.788. The molecule has 128 valence electrons. The van der Waals surface area contributed by atoms with Crippen LogP contribution in [0.5, 0.6) is 5.75 Å². The van der Waals surface area contributed by atoms with Crippen molar-refractivity contribution in [3.8, 4) is 5.75 Å². The zero-order chi connectivity index (χ0) is 17.7. The van der Waals surface area contributed by atoms with E-state index in [-0.39, 0.29) is 18.1 Å². The Morgan fingerprint density at radius 3 is 2.46 bits per heavy atom. The average Bonchev–Trinajstić information content (AvgIpc) is 2.53. The van der Waals surface area contributed by atoms with Gasteiger partial charge in [-0.25, -0.2) is 4.79 Å². The molecule has 0 unspecified atom stereocenters. The number of benzene rings is 1. The van der Waals surface area contributed by atoms with E-state index in [1.165, 1.54) is 0 Å². The molecule has 2 amide bonds. The van der Waals surface area contributed by atoms with Gasteiger partial charge in [0.2, 0.25) is 0 Å². The molecule has 0 spiro atoms. The second-order valence-electron chi connectivity index (χ2n) is 5.78. The first-order chi connectivity index (χ1) is 11.4. The van der Waals surface area contributed by atoms with Crippen LogP contribution in [-0.2, 0) is 13.1 Å². The van der Waals surface area contributed by atoms with E-state index in [1.54, 1.807) is 7.11 Å². The van der Waals surface area contributed by atoms with Crippen molar-refractivity contribution in [3.63, 3.8) is 0 Å². The van der Waals surface area contributed by atoms with Crippen molar-refractivity contribution >= 4 is 6.03 Å². The quantitative estimate of drug-likeness (QED) is 0.787. The molecule has 2 aromatic rings. The highest BCUT2D eigenvalue weighted by atomic mass is 16.5. The predicted molar refractivity (Wildman–Crippen MR) is 93.3 cm³/mol. The summed E-state index contributed by atoms with van der Waals surface area (Å²) in [6.07, 6.45) is 0. The highest BCUT2D eigenvalue weighted by Crippen LogP contribution is 2.18. The molecule has 0 aliphatic heterocycles. The van der Waals surface area contributed by atoms with Gasteiger partial charge in [0.05, 0.1) is 13.7 Å². The molecule has 2 rings (SSSR count). The molecule has 24 heavy (non-hydrogen) atoms. The largest absolute Gasteiger partial charge is 0.496 e. The third-order valence-electron chi connectivity index (χ3n) is 3.85. The Labute approximate surface area is 141 Å². The van der Waals surface area contributed by atoms with E-state index in [4.69, 9.17) is 4.74 Å². The van der Waals surface area contributed by atoms with Crippen molar-refractivity contribution in [1.29, 1.82) is 0 Å². The Hall–Kier alpha value is -2.76. The Morgan fingerprint density at radius 1 is 1.08 bits per heavy atom. The number of aryl methyl sites for hydroxylation is 3. The molecule has 0 saturated heterocycles. The molecule has 0 aliphatic carbocycles. The van der Waals surface area contributed by atoms with Crippen molar-refractivity contribution in [3.05, 3.63) is 62.6 Å². The van der Waals surface area contributed by atoms with Gasteiger partial charge in [0.15, 0.2) is 0 Å². The number of hydrogen-bond donors (Lipinski definition) is 3. The number of carbonyl (C=O) groups is 1. The number of nitrogens with one attached hydrogen (secondary N) is 3. The summed E-state index contributed by atoms with van der Waals surface area (Å²) in [5, 5.41) is 5.48. The van der Waals surface area contributed by atoms with Crippen molar-refractivity contribution < 1.29 is 9.53 Å². The number of ether oxygens (including phenoxy) is 1. The van der Waals surface area contributed by atoms with E-state index in [0.29, 0.717) is 12.1 Å². The van der Waals surface area contributed by atoms with Crippen LogP contribution < -0.4 is 20.9 Å². The molecule has 0 radical (unpaired) electrons. The Kier molecular flexibility index (Phi) is 5.63. The lowest BCUT2D eigenvalue weighted by molar-refractivity contribution is 0.240. The number of urea groups is 1. The van der Waals surface area contributed by atoms with E-state index < -0.39 is 0 Å². The molecule has 6 heteroatoms. The van der Waals surface area contributed by atoms with Gasteiger partial charge >= 0.3 is 6.03 Å². The summed E-state index contributed by atoms with van der Waals surface area (Å²) in [7, 11) is 1.62. The van der Waals surface area contributed by atoms with E-state index in [9.17, 15) is 9.59 Å². The summed E-state index contributed by atoms with van der Waals surface area (Å²) >= 11 is 0. The fourth-order valence-electron chi connectivity index (χ4n) is 2.49. The van der Waals surface area contributed by atoms with Gasteiger partial charge in [-0.1, -0.05) is 12.1 Å². The highest BCUT2D eigenvalue weighted by Gasteiger charge is 2.08. The van der Waals surface area contributed by atoms with Crippen LogP contribution in [0.1, 0.15) is 27.9 Å². The molecule has 1 aromatic carbocycles. The van der Waals surface area contributed by atoms with E-state index in [0.717, 1.165) is 28.1 Å². The van der Waals surface area contributed by atoms with Crippen molar-refractivity contribution in [2.75, 3.05) is 7.11 Å². The summed E-state index contributed by atoms with van der Waals surface area (Å²) in [5.41, 5.74) is 4.04. The van der Waals surface area contributed by atoms with Crippen LogP contribution in [0.15, 0.2) is 29.1 Å². The zero-order valence-corrected chi connectivity index (χ0v) is 14.4. The number of aromatic amines is 1. The average molecular weight is 329 g/mol. The fraction of sp³-hybridized carbons (Fsp3) is 0.333. The number of amides is 2. The molecule has 3 N–H and O–H groups in total. The molecule has 0 aliphatic rings. The Morgan fingerprint density at radius 2 is 1.79 bits per heavy atom. The van der Waals surface area contributed by atoms with Crippen LogP contribution in [0.3, 0.4) is 0 Å². The van der Waals surface area contributed by atoms with Gasteiger partial charge in [0.25, 0.3) is 5.56 Å². The van der Waals surface area contributed by atoms with Crippen LogP contribution in [0.25, 0.3) is 0 Å². The first-order valence-corrected chi connectivity index (χ1v) is 7.75. The molecule has 1 heterocycles. The van der Waals surface area contributed by atoms with Gasteiger partial charge in [0, 0.05) is 17.8 Å². The van der Waals surface area contributed by atoms with Gasteiger partial charge in [-0.15, -0.1) is 0 Å². The number of hydrogen-bond acceptors (Lipinski definition) is 3. The maximum Gasteiger partial charge on any atom is 0.315 e. The maximum atomic E-state index is 11.9. The molecule has 0 atom stereocenters. The molecule has 6 nitrogen and oxygen atoms in total. The van der Waals surface area contributed by atoms with E-state index in [1.807, 2.05) is 45.0 Å². The van der Waals surface area contributed by atoms with Gasteiger partial charge in [-0.05, 0) is 49.6 Å². The lowest BCUT2D eigenvalue weighted by atomic mass is 10.1. The minimum atomic E-state index is -0.325. The fourth-order valence-corrected chi connectivity index (χ4v) is 2.49. The first kappa shape index (κ1) is 17.6. The van der Waals surface area contributed by atoms with Crippen molar-refractivity contribution in [2.24, 2.45) is 0 Å². The molecule has 0 saturated carbocycles. The van der Waals surface area contributed by atoms with Crippen LogP contribution in [-0.4, -0.2) is 18.1 Å². The second-order valence-corrected chi connectivity index (χ2v) is 5.78. The monoisotopic (exact) mass is 329 g/mol. The van der Waals surface area contributed by atoms with Crippen molar-refractivity contribution in [1.82, 2.24) is 15.6 Å². The lowest BCUT2D eigenvalue weighted by Gasteiger charge is -2.11. The van der Waals surface area contributed by atoms with Crippen LogP contribution in [0.2, 0.25) is 0 Å². The minimum absolute atomic E-state index is 0.170. The number of carbonyl (C=O) groups excluding carboxylic acids is 1. The second kappa shape index (κ2) is 7.68. The Bertz CT molecular complexity index is 797. The van der Waals surface area contributed by atoms with Gasteiger partial charge in [0.1, 0.15) is 5.75 Å². The SMILES string of the molecule is COc1cc(CNC(=O)NCc2c(C)cc(C)[nH]c2=O)ccc1C. The number of methoxy groups -OCH3 is 1. The summed E-state index contributed by atoms with van der Waals surface area (Å²) < 4.78 is 5.27. The topological polar surface area (TPSA) is 83.2 Å². The molecule has 0 fully saturated rings. The smallest absolute Gasteiger partial charge is 0.315 e. The van der Waals surface area contributed by atoms with Crippen molar-refractivity contribution in [2.45, 2.75) is 33.9 Å². The lowest BCUT2D eigenvalue weighted by Crippen LogP contribution is -2.36. The molecule has 0 bridgehead atoms. The van der Waals surface area contributed by atoms with Gasteiger partial charge in [-0.3, -0.25) is 4.79 Å². The van der Waals surface area contributed by atoms with E-state index >= 15 is 0 Å². The maximum absolute atomic E-state index is 11.9. The molecular formula is C18H23N3O3. The molecule has 1 aromatic heterocycles. The third-order valence-corrected chi connectivity index (χ3v) is 3.85. The number of aromatic nitrogens is 1. The molecular weight excluding hydrogens is 306 g/mol. The van der Waals surface area contributed by atoms with E-state index in [2.05, 4.69) is 15.6 Å². The highest BCUT2D eigenvalue weighted by molar-refractivity contribution is 5.73. The predicted octanol–water partition coefficient (Wildman–Crippen LogP) is 2.31. The summed E-state index contributed by atoms with van der Waals surface area (Å²) in [6.45, 7) is 6.21.